The molecular formula is C17H20N6O. The Labute approximate surface area is 139 Å². The first kappa shape index (κ1) is 14.9. The summed E-state index contributed by atoms with van der Waals surface area (Å²) in [4.78, 5) is 15.0. The van der Waals surface area contributed by atoms with Crippen molar-refractivity contribution in [2.24, 2.45) is 11.7 Å². The van der Waals surface area contributed by atoms with Gasteiger partial charge in [0, 0.05) is 37.1 Å². The average Bonchev–Trinajstić information content (AvgIpc) is 3.16. The van der Waals surface area contributed by atoms with Crippen molar-refractivity contribution in [1.29, 1.82) is 0 Å². The van der Waals surface area contributed by atoms with Gasteiger partial charge in [-0.25, -0.2) is 4.52 Å². The van der Waals surface area contributed by atoms with Crippen LogP contribution in [-0.4, -0.2) is 37.2 Å². The molecule has 7 heteroatoms. The zero-order chi connectivity index (χ0) is 16.7. The highest BCUT2D eigenvalue weighted by Gasteiger charge is 2.26. The molecule has 0 aliphatic carbocycles. The van der Waals surface area contributed by atoms with E-state index >= 15 is 0 Å². The van der Waals surface area contributed by atoms with E-state index in [4.69, 9.17) is 5.73 Å². The van der Waals surface area contributed by atoms with Crippen molar-refractivity contribution in [2.45, 2.75) is 26.4 Å². The van der Waals surface area contributed by atoms with Gasteiger partial charge in [0.15, 0.2) is 0 Å². The Morgan fingerprint density at radius 3 is 3.17 bits per heavy atom. The fourth-order valence-corrected chi connectivity index (χ4v) is 3.35. The lowest BCUT2D eigenvalue weighted by atomic mass is 10.1. The maximum atomic E-state index is 13.1. The van der Waals surface area contributed by atoms with Gasteiger partial charge in [-0.15, -0.1) is 0 Å². The Bertz CT molecular complexity index is 896. The van der Waals surface area contributed by atoms with E-state index in [1.54, 1.807) is 10.7 Å². The van der Waals surface area contributed by atoms with E-state index in [2.05, 4.69) is 22.2 Å². The van der Waals surface area contributed by atoms with Gasteiger partial charge in [-0.3, -0.25) is 9.89 Å². The van der Waals surface area contributed by atoms with Crippen molar-refractivity contribution in [3.8, 4) is 0 Å². The molecule has 24 heavy (non-hydrogen) atoms. The molecule has 0 fully saturated rings. The number of fused-ring (bicyclic) bond motifs is 2. The highest BCUT2D eigenvalue weighted by molar-refractivity contribution is 6.00. The van der Waals surface area contributed by atoms with Crippen molar-refractivity contribution in [3.05, 3.63) is 53.1 Å². The maximum Gasteiger partial charge on any atom is 0.258 e. The molecule has 3 aromatic heterocycles. The van der Waals surface area contributed by atoms with Crippen LogP contribution in [0.5, 0.6) is 0 Å². The molecule has 4 rings (SSSR count). The number of aromatic nitrogens is 4. The van der Waals surface area contributed by atoms with E-state index in [0.717, 1.165) is 35.3 Å². The summed E-state index contributed by atoms with van der Waals surface area (Å²) in [5, 5.41) is 11.5. The van der Waals surface area contributed by atoms with Gasteiger partial charge in [0.25, 0.3) is 5.91 Å². The van der Waals surface area contributed by atoms with Crippen molar-refractivity contribution in [1.82, 2.24) is 24.7 Å². The molecule has 1 aliphatic heterocycles. The number of pyridine rings is 1. The van der Waals surface area contributed by atoms with E-state index in [1.165, 1.54) is 0 Å². The molecule has 4 heterocycles. The van der Waals surface area contributed by atoms with Crippen LogP contribution in [-0.2, 0) is 19.5 Å². The standard InChI is InChI=1S/C17H20N6O/c1-11-4-15-13(7-19-21-15)10-22(9-11)17(24)14-8-20-23-3-2-12(6-18)5-16(14)23/h2-3,5,7-8,11H,4,6,9-10,18H2,1H3,(H,19,21). The Hall–Kier alpha value is -2.67. The van der Waals surface area contributed by atoms with E-state index in [-0.39, 0.29) is 5.91 Å². The van der Waals surface area contributed by atoms with E-state index in [1.807, 2.05) is 29.4 Å². The van der Waals surface area contributed by atoms with Crippen LogP contribution in [0.1, 0.15) is 34.1 Å². The number of hydrogen-bond acceptors (Lipinski definition) is 4. The normalized spacial score (nSPS) is 17.8. The third-order valence-corrected chi connectivity index (χ3v) is 4.59. The number of rotatable bonds is 2. The van der Waals surface area contributed by atoms with Crippen molar-refractivity contribution in [3.63, 3.8) is 0 Å². The summed E-state index contributed by atoms with van der Waals surface area (Å²) in [6.07, 6.45) is 6.21. The van der Waals surface area contributed by atoms with Crippen LogP contribution in [0.15, 0.2) is 30.7 Å². The van der Waals surface area contributed by atoms with Crippen LogP contribution < -0.4 is 5.73 Å². The predicted molar refractivity (Wildman–Crippen MR) is 89.3 cm³/mol. The van der Waals surface area contributed by atoms with E-state index in [0.29, 0.717) is 24.6 Å². The topological polar surface area (TPSA) is 92.3 Å². The fraction of sp³-hybridized carbons (Fsp3) is 0.353. The molecule has 0 aromatic carbocycles. The molecule has 1 atom stereocenters. The van der Waals surface area contributed by atoms with Gasteiger partial charge in [-0.05, 0) is 30.0 Å². The van der Waals surface area contributed by atoms with Gasteiger partial charge in [-0.2, -0.15) is 10.2 Å². The molecule has 1 unspecified atom stereocenters. The van der Waals surface area contributed by atoms with Gasteiger partial charge in [0.1, 0.15) is 0 Å². The Kier molecular flexibility index (Phi) is 3.57. The van der Waals surface area contributed by atoms with Crippen LogP contribution in [0.4, 0.5) is 0 Å². The van der Waals surface area contributed by atoms with Gasteiger partial charge in [-0.1, -0.05) is 6.92 Å². The molecule has 124 valence electrons. The smallest absolute Gasteiger partial charge is 0.258 e. The maximum absolute atomic E-state index is 13.1. The van der Waals surface area contributed by atoms with Gasteiger partial charge in [0.2, 0.25) is 0 Å². The Balaban J connectivity index is 1.70. The van der Waals surface area contributed by atoms with Crippen LogP contribution in [0.3, 0.4) is 0 Å². The number of nitrogens with two attached hydrogens (primary N) is 1. The van der Waals surface area contributed by atoms with Crippen molar-refractivity contribution in [2.75, 3.05) is 6.54 Å². The molecule has 0 saturated heterocycles. The monoisotopic (exact) mass is 324 g/mol. The van der Waals surface area contributed by atoms with Gasteiger partial charge in [0.05, 0.1) is 23.5 Å². The highest BCUT2D eigenvalue weighted by atomic mass is 16.2. The molecular weight excluding hydrogens is 304 g/mol. The summed E-state index contributed by atoms with van der Waals surface area (Å²) in [6, 6.07) is 3.85. The summed E-state index contributed by atoms with van der Waals surface area (Å²) in [5.74, 6) is 0.372. The Morgan fingerprint density at radius 2 is 2.33 bits per heavy atom. The number of nitrogens with zero attached hydrogens (tertiary/aromatic N) is 4. The molecule has 7 nitrogen and oxygen atoms in total. The van der Waals surface area contributed by atoms with Crippen LogP contribution in [0.25, 0.3) is 5.52 Å². The number of carbonyl (C=O) groups is 1. The second kappa shape index (κ2) is 5.76. The van der Waals surface area contributed by atoms with Gasteiger partial charge >= 0.3 is 0 Å². The molecule has 1 amide bonds. The van der Waals surface area contributed by atoms with Crippen molar-refractivity contribution >= 4 is 11.4 Å². The first-order valence-electron chi connectivity index (χ1n) is 8.12. The highest BCUT2D eigenvalue weighted by Crippen LogP contribution is 2.23. The Morgan fingerprint density at radius 1 is 1.46 bits per heavy atom. The molecule has 0 saturated carbocycles. The number of amides is 1. The molecule has 0 bridgehead atoms. The minimum Gasteiger partial charge on any atom is -0.334 e. The quantitative estimate of drug-likeness (QED) is 0.744. The van der Waals surface area contributed by atoms with Crippen LogP contribution in [0.2, 0.25) is 0 Å². The van der Waals surface area contributed by atoms with E-state index in [9.17, 15) is 4.79 Å². The predicted octanol–water partition coefficient (Wildman–Crippen LogP) is 1.35. The summed E-state index contributed by atoms with van der Waals surface area (Å²) in [5.41, 5.74) is 10.3. The number of H-pyrrole nitrogens is 1. The van der Waals surface area contributed by atoms with Crippen LogP contribution in [0, 0.1) is 5.92 Å². The third kappa shape index (κ3) is 2.46. The zero-order valence-electron chi connectivity index (χ0n) is 13.6. The number of nitrogens with one attached hydrogen (secondary N) is 1. The summed E-state index contributed by atoms with van der Waals surface area (Å²) < 4.78 is 1.72. The molecule has 0 spiro atoms. The second-order valence-electron chi connectivity index (χ2n) is 6.50. The molecule has 3 N–H and O–H groups in total. The lowest BCUT2D eigenvalue weighted by Gasteiger charge is -2.22. The fourth-order valence-electron chi connectivity index (χ4n) is 3.35. The lowest BCUT2D eigenvalue weighted by molar-refractivity contribution is 0.0727. The van der Waals surface area contributed by atoms with Crippen molar-refractivity contribution < 1.29 is 4.79 Å². The third-order valence-electron chi connectivity index (χ3n) is 4.59. The summed E-state index contributed by atoms with van der Waals surface area (Å²) in [6.45, 7) is 3.88. The molecule has 0 radical (unpaired) electrons. The second-order valence-corrected chi connectivity index (χ2v) is 6.50. The lowest BCUT2D eigenvalue weighted by Crippen LogP contribution is -2.33. The van der Waals surface area contributed by atoms with E-state index < -0.39 is 0 Å². The average molecular weight is 324 g/mol. The number of carbonyl (C=O) groups excluding carboxylic acids is 1. The number of aromatic amines is 1. The van der Waals surface area contributed by atoms with Gasteiger partial charge < -0.3 is 10.6 Å². The number of hydrogen-bond donors (Lipinski definition) is 2. The molecule has 1 aliphatic rings. The minimum absolute atomic E-state index is 0.0000661. The SMILES string of the molecule is CC1Cc2[nH]ncc2CN(C(=O)c2cnn3ccc(CN)cc23)C1. The summed E-state index contributed by atoms with van der Waals surface area (Å²) in [7, 11) is 0. The zero-order valence-corrected chi connectivity index (χ0v) is 13.6. The first-order chi connectivity index (χ1) is 11.7. The largest absolute Gasteiger partial charge is 0.334 e. The minimum atomic E-state index is 0.0000661. The first-order valence-corrected chi connectivity index (χ1v) is 8.12. The molecule has 3 aromatic rings. The van der Waals surface area contributed by atoms with Crippen LogP contribution >= 0.6 is 0 Å². The summed E-state index contributed by atoms with van der Waals surface area (Å²) >= 11 is 0.